The molecule has 1 aromatic heterocycles. The summed E-state index contributed by atoms with van der Waals surface area (Å²) in [6, 6.07) is 17.5. The molecule has 0 atom stereocenters. The highest BCUT2D eigenvalue weighted by atomic mass is 35.5. The number of aromatic nitrogens is 1. The van der Waals surface area contributed by atoms with E-state index < -0.39 is 6.09 Å². The number of anilines is 1. The van der Waals surface area contributed by atoms with E-state index in [9.17, 15) is 4.79 Å². The van der Waals surface area contributed by atoms with E-state index in [0.29, 0.717) is 38.7 Å². The van der Waals surface area contributed by atoms with Gasteiger partial charge in [0.15, 0.2) is 5.84 Å². The summed E-state index contributed by atoms with van der Waals surface area (Å²) in [5.41, 5.74) is 5.83. The van der Waals surface area contributed by atoms with E-state index in [1.807, 2.05) is 18.2 Å². The molecule has 0 radical (unpaired) electrons. The largest absolute Gasteiger partial charge is 0.435 e. The number of pyridine rings is 1. The van der Waals surface area contributed by atoms with Crippen LogP contribution in [-0.4, -0.2) is 29.2 Å². The minimum atomic E-state index is -0.700. The zero-order chi connectivity index (χ0) is 20.9. The first-order valence-corrected chi connectivity index (χ1v) is 9.67. The summed E-state index contributed by atoms with van der Waals surface area (Å²) >= 11 is 12.0. The molecule has 4 rings (SSSR count). The Morgan fingerprint density at radius 2 is 1.80 bits per heavy atom. The molecule has 30 heavy (non-hydrogen) atoms. The SMILES string of the molecule is O=C(Nc1ccc(Cl)cc1)ONC1=Nc2ccc(Cl)cc2C(c2ccccn2)=NC1. The molecule has 0 fully saturated rings. The van der Waals surface area contributed by atoms with Gasteiger partial charge >= 0.3 is 6.09 Å². The smallest absolute Gasteiger partial charge is 0.323 e. The zero-order valence-electron chi connectivity index (χ0n) is 15.5. The number of nitrogens with zero attached hydrogens (tertiary/aromatic N) is 3. The topological polar surface area (TPSA) is 88.0 Å². The summed E-state index contributed by atoms with van der Waals surface area (Å²) < 4.78 is 0. The summed E-state index contributed by atoms with van der Waals surface area (Å²) in [6.07, 6.45) is 0.992. The quantitative estimate of drug-likeness (QED) is 0.548. The molecule has 0 saturated carbocycles. The third kappa shape index (κ3) is 4.76. The molecule has 0 spiro atoms. The molecule has 2 heterocycles. The second-order valence-electron chi connectivity index (χ2n) is 6.22. The Kier molecular flexibility index (Phi) is 5.92. The number of rotatable bonds is 2. The lowest BCUT2D eigenvalue weighted by Crippen LogP contribution is -2.31. The molecule has 3 aromatic rings. The number of carbonyl (C=O) groups excluding carboxylic acids is 1. The van der Waals surface area contributed by atoms with Crippen molar-refractivity contribution in [1.29, 1.82) is 0 Å². The number of amidine groups is 1. The molecule has 7 nitrogen and oxygen atoms in total. The lowest BCUT2D eigenvalue weighted by atomic mass is 10.0. The fraction of sp³-hybridized carbons (Fsp3) is 0.0476. The molecule has 2 aromatic carbocycles. The first-order valence-electron chi connectivity index (χ1n) is 8.91. The third-order valence-electron chi connectivity index (χ3n) is 4.12. The Balaban J connectivity index is 1.52. The Morgan fingerprint density at radius 1 is 1.00 bits per heavy atom. The van der Waals surface area contributed by atoms with E-state index in [1.54, 1.807) is 48.7 Å². The van der Waals surface area contributed by atoms with Crippen molar-refractivity contribution < 1.29 is 9.63 Å². The Morgan fingerprint density at radius 3 is 2.57 bits per heavy atom. The summed E-state index contributed by atoms with van der Waals surface area (Å²) in [5.74, 6) is 0.357. The second kappa shape index (κ2) is 8.94. The number of amides is 1. The lowest BCUT2D eigenvalue weighted by Gasteiger charge is -2.09. The average molecular weight is 440 g/mol. The van der Waals surface area contributed by atoms with Gasteiger partial charge in [0, 0.05) is 27.5 Å². The summed E-state index contributed by atoms with van der Waals surface area (Å²) in [4.78, 5) is 30.6. The van der Waals surface area contributed by atoms with Crippen molar-refractivity contribution in [3.05, 3.63) is 88.2 Å². The van der Waals surface area contributed by atoms with Crippen LogP contribution < -0.4 is 10.8 Å². The molecular formula is C21H15Cl2N5O2. The number of hydrogen-bond donors (Lipinski definition) is 2. The van der Waals surface area contributed by atoms with Gasteiger partial charge in [0.2, 0.25) is 0 Å². The Hall–Kier alpha value is -3.42. The van der Waals surface area contributed by atoms with Gasteiger partial charge in [-0.1, -0.05) is 29.3 Å². The average Bonchev–Trinajstić information content (AvgIpc) is 2.93. The monoisotopic (exact) mass is 439 g/mol. The van der Waals surface area contributed by atoms with Crippen molar-refractivity contribution in [3.63, 3.8) is 0 Å². The molecule has 2 N–H and O–H groups in total. The first kappa shape index (κ1) is 19.9. The standard InChI is InChI=1S/C21H15Cl2N5O2/c22-13-4-7-15(8-5-13)26-21(29)30-28-19-12-25-20(18-3-1-2-10-24-18)16-11-14(23)6-9-17(16)27-19/h1-11H,12H2,(H,26,29)(H,27,28). The highest BCUT2D eigenvalue weighted by molar-refractivity contribution is 6.31. The van der Waals surface area contributed by atoms with E-state index in [0.717, 1.165) is 5.56 Å². The lowest BCUT2D eigenvalue weighted by molar-refractivity contribution is 0.134. The van der Waals surface area contributed by atoms with Crippen LogP contribution in [0.15, 0.2) is 76.8 Å². The zero-order valence-corrected chi connectivity index (χ0v) is 17.0. The molecule has 0 unspecified atom stereocenters. The van der Waals surface area contributed by atoms with Crippen LogP contribution in [0.5, 0.6) is 0 Å². The van der Waals surface area contributed by atoms with Crippen LogP contribution >= 0.6 is 23.2 Å². The number of fused-ring (bicyclic) bond motifs is 1. The molecule has 9 heteroatoms. The van der Waals surface area contributed by atoms with Crippen LogP contribution in [0, 0.1) is 0 Å². The van der Waals surface area contributed by atoms with Gasteiger partial charge in [-0.25, -0.2) is 15.3 Å². The summed E-state index contributed by atoms with van der Waals surface area (Å²) in [5, 5.41) is 3.71. The third-order valence-corrected chi connectivity index (χ3v) is 4.60. The van der Waals surface area contributed by atoms with Gasteiger partial charge in [-0.3, -0.25) is 15.3 Å². The minimum absolute atomic E-state index is 0.159. The van der Waals surface area contributed by atoms with Gasteiger partial charge < -0.3 is 4.84 Å². The van der Waals surface area contributed by atoms with Crippen molar-refractivity contribution in [2.75, 3.05) is 11.9 Å². The van der Waals surface area contributed by atoms with E-state index in [2.05, 4.69) is 25.8 Å². The predicted octanol–water partition coefficient (Wildman–Crippen LogP) is 5.02. The maximum absolute atomic E-state index is 12.1. The molecule has 0 saturated heterocycles. The van der Waals surface area contributed by atoms with Gasteiger partial charge in [-0.05, 0) is 54.6 Å². The van der Waals surface area contributed by atoms with Gasteiger partial charge in [0.05, 0.1) is 17.1 Å². The van der Waals surface area contributed by atoms with Crippen molar-refractivity contribution in [2.24, 2.45) is 9.98 Å². The Labute approximate surface area is 182 Å². The normalized spacial score (nSPS) is 12.7. The number of carbonyl (C=O) groups is 1. The number of benzene rings is 2. The predicted molar refractivity (Wildman–Crippen MR) is 118 cm³/mol. The maximum Gasteiger partial charge on any atom is 0.435 e. The summed E-state index contributed by atoms with van der Waals surface area (Å²) in [7, 11) is 0. The van der Waals surface area contributed by atoms with Crippen molar-refractivity contribution in [1.82, 2.24) is 10.5 Å². The molecule has 150 valence electrons. The second-order valence-corrected chi connectivity index (χ2v) is 7.10. The minimum Gasteiger partial charge on any atom is -0.323 e. The first-order chi connectivity index (χ1) is 14.6. The molecule has 1 amide bonds. The van der Waals surface area contributed by atoms with Gasteiger partial charge in [0.25, 0.3) is 0 Å². The molecular weight excluding hydrogens is 425 g/mol. The number of halogens is 2. The van der Waals surface area contributed by atoms with Crippen LogP contribution in [0.25, 0.3) is 0 Å². The van der Waals surface area contributed by atoms with E-state index in [1.165, 1.54) is 0 Å². The van der Waals surface area contributed by atoms with Crippen LogP contribution in [0.4, 0.5) is 16.2 Å². The van der Waals surface area contributed by atoms with Crippen LogP contribution in [0.1, 0.15) is 11.3 Å². The highest BCUT2D eigenvalue weighted by Crippen LogP contribution is 2.27. The van der Waals surface area contributed by atoms with Gasteiger partial charge in [-0.15, -0.1) is 0 Å². The van der Waals surface area contributed by atoms with Gasteiger partial charge in [0.1, 0.15) is 6.54 Å². The van der Waals surface area contributed by atoms with Crippen LogP contribution in [-0.2, 0) is 4.84 Å². The fourth-order valence-electron chi connectivity index (χ4n) is 2.77. The van der Waals surface area contributed by atoms with Gasteiger partial charge in [-0.2, -0.15) is 0 Å². The van der Waals surface area contributed by atoms with Crippen molar-refractivity contribution >= 4 is 52.2 Å². The van der Waals surface area contributed by atoms with E-state index >= 15 is 0 Å². The number of hydrogen-bond acceptors (Lipinski definition) is 6. The number of aliphatic imine (C=N–C) groups is 2. The van der Waals surface area contributed by atoms with Crippen molar-refractivity contribution in [3.8, 4) is 0 Å². The molecule has 0 bridgehead atoms. The van der Waals surface area contributed by atoms with E-state index in [4.69, 9.17) is 28.0 Å². The maximum atomic E-state index is 12.1. The van der Waals surface area contributed by atoms with Crippen molar-refractivity contribution in [2.45, 2.75) is 0 Å². The van der Waals surface area contributed by atoms with E-state index in [-0.39, 0.29) is 6.54 Å². The molecule has 0 aliphatic carbocycles. The molecule has 1 aliphatic rings. The fourth-order valence-corrected chi connectivity index (χ4v) is 3.07. The molecule has 1 aliphatic heterocycles. The summed E-state index contributed by atoms with van der Waals surface area (Å²) in [6.45, 7) is 0.159. The number of nitrogens with one attached hydrogen (secondary N) is 2. The highest BCUT2D eigenvalue weighted by Gasteiger charge is 2.18. The Bertz CT molecular complexity index is 1130. The van der Waals surface area contributed by atoms with Crippen LogP contribution in [0.2, 0.25) is 10.0 Å². The van der Waals surface area contributed by atoms with Crippen LogP contribution in [0.3, 0.4) is 0 Å². The number of hydroxylamine groups is 1.